The Morgan fingerprint density at radius 1 is 0.695 bits per heavy atom. The van der Waals surface area contributed by atoms with Crippen molar-refractivity contribution in [3.63, 3.8) is 0 Å². The van der Waals surface area contributed by atoms with Gasteiger partial charge in [-0.05, 0) is 30.3 Å². The van der Waals surface area contributed by atoms with Crippen LogP contribution in [-0.4, -0.2) is 128 Å². The van der Waals surface area contributed by atoms with E-state index in [9.17, 15) is 28.8 Å². The number of carbonyl (C=O) groups excluding carboxylic acids is 6. The molecule has 2 aliphatic rings. The number of alkyl halides is 3. The van der Waals surface area contributed by atoms with E-state index in [2.05, 4.69) is 5.32 Å². The van der Waals surface area contributed by atoms with Crippen molar-refractivity contribution < 1.29 is 75.8 Å². The van der Waals surface area contributed by atoms with Gasteiger partial charge in [0.2, 0.25) is 3.79 Å². The highest BCUT2D eigenvalue weighted by atomic mass is 35.6. The summed E-state index contributed by atoms with van der Waals surface area (Å²) in [6, 6.07) is 7.71. The van der Waals surface area contributed by atoms with Crippen LogP contribution in [0.1, 0.15) is 55.4 Å². The largest absolute Gasteiger partial charge is 0.463 e. The minimum Gasteiger partial charge on any atom is -0.463 e. The fourth-order valence-corrected chi connectivity index (χ4v) is 8.03. The normalized spacial score (nSPS) is 27.4. The number of esters is 5. The average molecular weight is 933 g/mol. The van der Waals surface area contributed by atoms with Gasteiger partial charge in [0, 0.05) is 39.5 Å². The van der Waals surface area contributed by atoms with E-state index in [4.69, 9.17) is 81.9 Å². The molecule has 1 amide bonds. The predicted molar refractivity (Wildman–Crippen MR) is 215 cm³/mol. The molecule has 17 nitrogen and oxygen atoms in total. The summed E-state index contributed by atoms with van der Waals surface area (Å²) in [6.45, 7) is 14.3. The quantitative estimate of drug-likeness (QED) is 0.101. The van der Waals surface area contributed by atoms with Crippen molar-refractivity contribution in [2.45, 2.75) is 143 Å². The molecular weight excluding hydrogens is 881 g/mol. The molecule has 2 saturated heterocycles. The van der Waals surface area contributed by atoms with Gasteiger partial charge in [0.05, 0.1) is 6.61 Å². The van der Waals surface area contributed by atoms with Crippen LogP contribution in [-0.2, 0) is 71.0 Å². The van der Waals surface area contributed by atoms with Crippen LogP contribution in [0.2, 0.25) is 18.1 Å². The molecule has 10 atom stereocenters. The highest BCUT2D eigenvalue weighted by molar-refractivity contribution is 7.99. The molecule has 332 valence electrons. The Labute approximate surface area is 363 Å². The third-order valence-electron chi connectivity index (χ3n) is 9.25. The third kappa shape index (κ3) is 15.8. The molecule has 0 radical (unpaired) electrons. The van der Waals surface area contributed by atoms with Gasteiger partial charge in [-0.3, -0.25) is 24.0 Å². The molecule has 0 saturated carbocycles. The van der Waals surface area contributed by atoms with E-state index in [1.54, 1.807) is 24.3 Å². The lowest BCUT2D eigenvalue weighted by Gasteiger charge is -2.49. The molecule has 1 N–H and O–H groups in total. The van der Waals surface area contributed by atoms with Crippen molar-refractivity contribution in [3.05, 3.63) is 30.3 Å². The Balaban J connectivity index is 2.26. The molecule has 1 aromatic rings. The number of carbonyl (C=O) groups is 6. The van der Waals surface area contributed by atoms with E-state index in [0.29, 0.717) is 4.90 Å². The maximum atomic E-state index is 13.4. The van der Waals surface area contributed by atoms with Crippen LogP contribution in [0.5, 0.6) is 0 Å². The Morgan fingerprint density at radius 2 is 1.22 bits per heavy atom. The highest BCUT2D eigenvalue weighted by Crippen LogP contribution is 2.41. The van der Waals surface area contributed by atoms with Gasteiger partial charge in [0.1, 0.15) is 43.0 Å². The lowest BCUT2D eigenvalue weighted by atomic mass is 9.95. The first-order valence-corrected chi connectivity index (χ1v) is 23.3. The van der Waals surface area contributed by atoms with Gasteiger partial charge < -0.3 is 52.4 Å². The molecule has 0 aromatic heterocycles. The summed E-state index contributed by atoms with van der Waals surface area (Å²) in [5.41, 5.74) is -1.04. The van der Waals surface area contributed by atoms with Gasteiger partial charge >= 0.3 is 35.9 Å². The van der Waals surface area contributed by atoms with Crippen LogP contribution in [0.4, 0.5) is 4.79 Å². The second kappa shape index (κ2) is 21.8. The summed E-state index contributed by atoms with van der Waals surface area (Å²) in [6.07, 6.45) is -13.0. The minimum absolute atomic E-state index is 0.152. The minimum atomic E-state index is -2.55. The zero-order chi connectivity index (χ0) is 44.5. The Morgan fingerprint density at radius 3 is 1.75 bits per heavy atom. The number of hydrogen-bond acceptors (Lipinski definition) is 17. The van der Waals surface area contributed by atoms with Gasteiger partial charge in [0.25, 0.3) is 0 Å². The first-order chi connectivity index (χ1) is 27.3. The van der Waals surface area contributed by atoms with E-state index >= 15 is 0 Å². The zero-order valence-electron chi connectivity index (χ0n) is 34.4. The summed E-state index contributed by atoms with van der Waals surface area (Å²) in [7, 11) is -2.55. The molecule has 1 aromatic carbocycles. The van der Waals surface area contributed by atoms with E-state index < -0.39 is 122 Å². The Bertz CT molecular complexity index is 1630. The molecule has 2 fully saturated rings. The first kappa shape index (κ1) is 50.5. The van der Waals surface area contributed by atoms with Gasteiger partial charge in [-0.15, -0.1) is 0 Å². The summed E-state index contributed by atoms with van der Waals surface area (Å²) >= 11 is 18.7. The molecule has 2 heterocycles. The van der Waals surface area contributed by atoms with Crippen molar-refractivity contribution in [1.29, 1.82) is 0 Å². The number of amides is 1. The number of rotatable bonds is 15. The smallest absolute Gasteiger partial charge is 0.407 e. The Kier molecular flexibility index (Phi) is 18.6. The molecule has 59 heavy (non-hydrogen) atoms. The molecule has 2 aliphatic heterocycles. The molecule has 0 bridgehead atoms. The van der Waals surface area contributed by atoms with Gasteiger partial charge in [-0.1, -0.05) is 85.5 Å². The number of ether oxygens (including phenoxy) is 9. The van der Waals surface area contributed by atoms with Crippen LogP contribution >= 0.6 is 46.6 Å². The summed E-state index contributed by atoms with van der Waals surface area (Å²) in [4.78, 5) is 76.5. The summed E-state index contributed by atoms with van der Waals surface area (Å²) in [5.74, 6) is -4.11. The Hall–Kier alpha value is -2.88. The van der Waals surface area contributed by atoms with Crippen LogP contribution in [0.3, 0.4) is 0 Å². The number of alkyl carbamates (subject to hydrolysis) is 1. The molecule has 0 aliphatic carbocycles. The average Bonchev–Trinajstić information content (AvgIpc) is 3.09. The van der Waals surface area contributed by atoms with Crippen molar-refractivity contribution >= 4 is 90.8 Å². The molecule has 3 rings (SSSR count). The number of benzene rings is 1. The molecular formula is C37H52Cl3NO16SSi. The number of halogens is 3. The number of nitrogens with one attached hydrogen (secondary N) is 1. The number of thioether (sulfide) groups is 1. The number of hydrogen-bond donors (Lipinski definition) is 1. The zero-order valence-corrected chi connectivity index (χ0v) is 38.4. The van der Waals surface area contributed by atoms with Crippen LogP contribution in [0, 0.1) is 0 Å². The van der Waals surface area contributed by atoms with Crippen LogP contribution < -0.4 is 5.32 Å². The van der Waals surface area contributed by atoms with Crippen molar-refractivity contribution in [2.75, 3.05) is 19.8 Å². The van der Waals surface area contributed by atoms with Gasteiger partial charge in [-0.2, -0.15) is 0 Å². The van der Waals surface area contributed by atoms with Crippen molar-refractivity contribution in [1.82, 2.24) is 5.32 Å². The van der Waals surface area contributed by atoms with Crippen LogP contribution in [0.15, 0.2) is 35.2 Å². The monoisotopic (exact) mass is 931 g/mol. The van der Waals surface area contributed by atoms with Crippen molar-refractivity contribution in [3.8, 4) is 0 Å². The van der Waals surface area contributed by atoms with E-state index in [0.717, 1.165) is 34.6 Å². The fourth-order valence-electron chi connectivity index (χ4n) is 5.71. The topological polar surface area (TPSA) is 207 Å². The van der Waals surface area contributed by atoms with E-state index in [1.165, 1.54) is 11.8 Å². The molecule has 0 unspecified atom stereocenters. The maximum Gasteiger partial charge on any atom is 0.407 e. The second-order valence-electron chi connectivity index (χ2n) is 15.1. The van der Waals surface area contributed by atoms with E-state index in [1.807, 2.05) is 39.9 Å². The standard InChI is InChI=1S/C37H52Cl3NO16SSi/c1-19(42)48-16-25-29(51-20(2)43)31(53-22(4)45)32(54-23(5)46)33(55-25)57-28-26(17-50-59(9,10)36(6,7)8)56-34(58-24-14-12-11-13-15-24)27(30(28)52-21(3)44)41-35(47)49-18-37(38,39)40/h11-15,25-34H,16-18H2,1-10H3,(H,41,47)/t25-,26-,27-,28-,29+,30-,31+,32-,33+,34+/m1/s1. The van der Waals surface area contributed by atoms with Crippen molar-refractivity contribution in [2.24, 2.45) is 0 Å². The SMILES string of the molecule is CC(=O)OC[C@H]1O[C@@H](O[C@H]2[C@H](OC(C)=O)[C@@H](NC(=O)OCC(Cl)(Cl)Cl)[C@H](Sc3ccccc3)O[C@@H]2CO[Si](C)(C)C(C)(C)C)[C@H](OC(C)=O)[C@@H](OC(C)=O)[C@H]1OC(C)=O. The fraction of sp³-hybridized carbons (Fsp3) is 0.676. The van der Waals surface area contributed by atoms with Gasteiger partial charge in [0.15, 0.2) is 39.0 Å². The lowest BCUT2D eigenvalue weighted by Crippen LogP contribution is -2.68. The third-order valence-corrected chi connectivity index (χ3v) is 15.3. The maximum absolute atomic E-state index is 13.4. The second-order valence-corrected chi connectivity index (χ2v) is 23.6. The lowest BCUT2D eigenvalue weighted by molar-refractivity contribution is -0.336. The molecule has 0 spiro atoms. The first-order valence-electron chi connectivity index (χ1n) is 18.4. The van der Waals surface area contributed by atoms with Crippen LogP contribution in [0.25, 0.3) is 0 Å². The van der Waals surface area contributed by atoms with Gasteiger partial charge in [-0.25, -0.2) is 4.79 Å². The summed E-state index contributed by atoms with van der Waals surface area (Å²) < 4.78 is 57.4. The highest BCUT2D eigenvalue weighted by Gasteiger charge is 2.57. The summed E-state index contributed by atoms with van der Waals surface area (Å²) in [5, 5.41) is 2.39. The van der Waals surface area contributed by atoms with E-state index in [-0.39, 0.29) is 11.6 Å². The molecule has 22 heteroatoms. The predicted octanol–water partition coefficient (Wildman–Crippen LogP) is 5.39.